The summed E-state index contributed by atoms with van der Waals surface area (Å²) in [6.07, 6.45) is 9.16. The van der Waals surface area contributed by atoms with Crippen LogP contribution in [0.1, 0.15) is 6.42 Å². The van der Waals surface area contributed by atoms with Gasteiger partial charge in [-0.1, -0.05) is 18.2 Å². The summed E-state index contributed by atoms with van der Waals surface area (Å²) in [6.45, 7) is 0. The Morgan fingerprint density at radius 1 is 1.75 bits per heavy atom. The first kappa shape index (κ1) is 5.51. The van der Waals surface area contributed by atoms with Crippen molar-refractivity contribution in [3.8, 4) is 0 Å². The minimum atomic E-state index is 0.519. The van der Waals surface area contributed by atoms with E-state index in [-0.39, 0.29) is 0 Å². The second-order valence-corrected chi connectivity index (χ2v) is 2.11. The molecule has 0 heterocycles. The molecule has 0 amide bonds. The largest absolute Gasteiger partial charge is 0.212 e. The first-order valence-electron chi connectivity index (χ1n) is 2.34. The molecule has 0 fully saturated rings. The first-order valence-corrected chi connectivity index (χ1v) is 3.08. The molecule has 8 heavy (non-hydrogen) atoms. The molecule has 1 radical (unpaired) electrons. The average molecular weight is 125 g/mol. The van der Waals surface area contributed by atoms with E-state index in [1.165, 1.54) is 0 Å². The maximum Gasteiger partial charge on any atom is 0.0930 e. The Morgan fingerprint density at radius 3 is 3.00 bits per heavy atom. The van der Waals surface area contributed by atoms with Crippen LogP contribution in [-0.4, -0.2) is 9.07 Å². The summed E-state index contributed by atoms with van der Waals surface area (Å²) >= 11 is 0.519. The Hall–Kier alpha value is -0.630. The zero-order valence-electron chi connectivity index (χ0n) is 4.26. The molecule has 1 nitrogen and oxygen atoms in total. The van der Waals surface area contributed by atoms with Crippen LogP contribution in [0.2, 0.25) is 0 Å². The quantitative estimate of drug-likeness (QED) is 0.435. The second kappa shape index (κ2) is 2.62. The average Bonchev–Trinajstić information content (AvgIpc) is 1.90. The van der Waals surface area contributed by atoms with Crippen LogP contribution in [0.4, 0.5) is 0 Å². The van der Waals surface area contributed by atoms with Crippen molar-refractivity contribution in [2.45, 2.75) is 6.42 Å². The van der Waals surface area contributed by atoms with E-state index in [4.69, 9.17) is 0 Å². The Labute approximate surface area is 51.8 Å². The van der Waals surface area contributed by atoms with E-state index in [1.54, 1.807) is 6.08 Å². The van der Waals surface area contributed by atoms with Gasteiger partial charge in [0.2, 0.25) is 0 Å². The van der Waals surface area contributed by atoms with Gasteiger partial charge >= 0.3 is 0 Å². The van der Waals surface area contributed by atoms with Gasteiger partial charge in [-0.15, -0.1) is 0 Å². The smallest absolute Gasteiger partial charge is 0.0930 e. The lowest BCUT2D eigenvalue weighted by Gasteiger charge is -1.90. The van der Waals surface area contributed by atoms with Gasteiger partial charge < -0.3 is 0 Å². The van der Waals surface area contributed by atoms with Crippen LogP contribution in [0.25, 0.3) is 0 Å². The summed E-state index contributed by atoms with van der Waals surface area (Å²) in [5.41, 5.74) is 0. The molecule has 0 bridgehead atoms. The van der Waals surface area contributed by atoms with Gasteiger partial charge in [0.25, 0.3) is 0 Å². The van der Waals surface area contributed by atoms with E-state index >= 15 is 0 Å². The standard InChI is InChI=1S/C6H5OS/c7-8-6-4-2-1-3-5-6/h1-3H,4H2. The molecule has 0 N–H and O–H groups in total. The fourth-order valence-electron chi connectivity index (χ4n) is 0.501. The Bertz CT molecular complexity index is 185. The molecule has 0 aliphatic heterocycles. The van der Waals surface area contributed by atoms with Crippen LogP contribution in [0, 0.1) is 6.08 Å². The van der Waals surface area contributed by atoms with Crippen molar-refractivity contribution >= 4 is 16.1 Å². The summed E-state index contributed by atoms with van der Waals surface area (Å²) < 4.78 is 10.0. The third kappa shape index (κ3) is 1.17. The molecule has 1 rings (SSSR count). The van der Waals surface area contributed by atoms with E-state index < -0.39 is 0 Å². The van der Waals surface area contributed by atoms with Gasteiger partial charge in [0.1, 0.15) is 0 Å². The van der Waals surface area contributed by atoms with Crippen molar-refractivity contribution in [2.24, 2.45) is 0 Å². The number of hydrogen-bond donors (Lipinski definition) is 0. The van der Waals surface area contributed by atoms with Crippen molar-refractivity contribution in [3.63, 3.8) is 0 Å². The van der Waals surface area contributed by atoms with Crippen LogP contribution < -0.4 is 0 Å². The van der Waals surface area contributed by atoms with Crippen molar-refractivity contribution < 1.29 is 4.21 Å². The third-order valence-electron chi connectivity index (χ3n) is 0.880. The lowest BCUT2D eigenvalue weighted by molar-refractivity contribution is 0.701. The first-order chi connectivity index (χ1) is 3.93. The highest BCUT2D eigenvalue weighted by molar-refractivity contribution is 7.66. The Morgan fingerprint density at radius 2 is 2.62 bits per heavy atom. The van der Waals surface area contributed by atoms with E-state index in [0.29, 0.717) is 11.3 Å². The van der Waals surface area contributed by atoms with E-state index in [9.17, 15) is 4.21 Å². The molecule has 0 aromatic heterocycles. The lowest BCUT2D eigenvalue weighted by Crippen LogP contribution is -1.92. The van der Waals surface area contributed by atoms with E-state index in [2.05, 4.69) is 6.08 Å². The van der Waals surface area contributed by atoms with Gasteiger partial charge in [0.05, 0.1) is 16.1 Å². The van der Waals surface area contributed by atoms with Crippen molar-refractivity contribution in [1.82, 2.24) is 0 Å². The number of rotatable bonds is 0. The summed E-state index contributed by atoms with van der Waals surface area (Å²) in [7, 11) is 0. The van der Waals surface area contributed by atoms with Gasteiger partial charge in [-0.3, -0.25) is 0 Å². The molecule has 0 saturated heterocycles. The number of allylic oxidation sites excluding steroid dienone is 4. The predicted octanol–water partition coefficient (Wildman–Crippen LogP) is 0.691. The molecule has 0 spiro atoms. The SMILES string of the molecule is O=S=C1[C]=CC=CC1. The highest BCUT2D eigenvalue weighted by Gasteiger charge is 1.91. The Kier molecular flexibility index (Phi) is 1.80. The molecule has 1 aliphatic carbocycles. The van der Waals surface area contributed by atoms with Crippen molar-refractivity contribution in [2.75, 3.05) is 0 Å². The monoisotopic (exact) mass is 125 g/mol. The summed E-state index contributed by atoms with van der Waals surface area (Å²) in [5.74, 6) is 0. The summed E-state index contributed by atoms with van der Waals surface area (Å²) in [5, 5.41) is 0. The van der Waals surface area contributed by atoms with Crippen LogP contribution in [0.15, 0.2) is 18.2 Å². The second-order valence-electron chi connectivity index (χ2n) is 1.45. The maximum atomic E-state index is 10.0. The molecule has 0 unspecified atom stereocenters. The zero-order valence-corrected chi connectivity index (χ0v) is 5.07. The van der Waals surface area contributed by atoms with E-state index in [1.807, 2.05) is 12.2 Å². The topological polar surface area (TPSA) is 17.1 Å². The van der Waals surface area contributed by atoms with Gasteiger partial charge in [0, 0.05) is 6.42 Å². The molecule has 0 aromatic rings. The minimum absolute atomic E-state index is 0.519. The van der Waals surface area contributed by atoms with Gasteiger partial charge in [-0.25, -0.2) is 4.21 Å². The van der Waals surface area contributed by atoms with Crippen molar-refractivity contribution in [3.05, 3.63) is 24.3 Å². The van der Waals surface area contributed by atoms with E-state index in [0.717, 1.165) is 11.3 Å². The molecular formula is C6H5OS. The molecule has 2 heteroatoms. The zero-order chi connectivity index (χ0) is 5.82. The van der Waals surface area contributed by atoms with Crippen LogP contribution in [0.5, 0.6) is 0 Å². The molecule has 1 aliphatic rings. The minimum Gasteiger partial charge on any atom is -0.212 e. The normalized spacial score (nSPS) is 16.8. The molecule has 41 valence electrons. The maximum absolute atomic E-state index is 10.0. The fraction of sp³-hybridized carbons (Fsp3) is 0.167. The molecule has 0 aromatic carbocycles. The molecule has 0 atom stereocenters. The summed E-state index contributed by atoms with van der Waals surface area (Å²) in [4.78, 5) is 0.771. The Balaban J connectivity index is 2.80. The molecular weight excluding hydrogens is 120 g/mol. The van der Waals surface area contributed by atoms with Gasteiger partial charge in [0.15, 0.2) is 0 Å². The van der Waals surface area contributed by atoms with Crippen LogP contribution in [0.3, 0.4) is 0 Å². The van der Waals surface area contributed by atoms with Gasteiger partial charge in [-0.05, 0) is 6.08 Å². The van der Waals surface area contributed by atoms with Crippen LogP contribution in [-0.2, 0) is 11.3 Å². The predicted molar refractivity (Wildman–Crippen MR) is 34.7 cm³/mol. The highest BCUT2D eigenvalue weighted by Crippen LogP contribution is 1.94. The number of hydrogen-bond acceptors (Lipinski definition) is 1. The fourth-order valence-corrected chi connectivity index (χ4v) is 0.782. The highest BCUT2D eigenvalue weighted by atomic mass is 32.1. The van der Waals surface area contributed by atoms with Crippen molar-refractivity contribution in [1.29, 1.82) is 0 Å². The third-order valence-corrected chi connectivity index (χ3v) is 1.37. The van der Waals surface area contributed by atoms with Gasteiger partial charge in [-0.2, -0.15) is 0 Å². The van der Waals surface area contributed by atoms with Crippen LogP contribution >= 0.6 is 0 Å². The molecule has 0 saturated carbocycles. The summed E-state index contributed by atoms with van der Waals surface area (Å²) in [6, 6.07) is 0. The lowest BCUT2D eigenvalue weighted by atomic mass is 10.2.